The van der Waals surface area contributed by atoms with Gasteiger partial charge in [-0.05, 0) is 0 Å². The first-order chi connectivity index (χ1) is 11.8. The van der Waals surface area contributed by atoms with Crippen LogP contribution < -0.4 is 3.71 Å². The fourth-order valence-corrected chi connectivity index (χ4v) is 14.9. The first-order valence-electron chi connectivity index (χ1n) is 8.95. The van der Waals surface area contributed by atoms with Gasteiger partial charge in [-0.3, -0.25) is 0 Å². The summed E-state index contributed by atoms with van der Waals surface area (Å²) in [4.78, 5) is 13.2. The molecule has 1 aliphatic rings. The van der Waals surface area contributed by atoms with Crippen molar-refractivity contribution in [3.8, 4) is 6.07 Å². The first kappa shape index (κ1) is 20.0. The zero-order valence-corrected chi connectivity index (χ0v) is 18.7. The zero-order chi connectivity index (χ0) is 18.7. The molecule has 0 N–H and O–H groups in total. The number of ether oxygens (including phenoxy) is 1. The third kappa shape index (κ3) is 4.27. The van der Waals surface area contributed by atoms with Gasteiger partial charge in [0.1, 0.15) is 0 Å². The minimum absolute atomic E-state index is 0.134. The van der Waals surface area contributed by atoms with E-state index in [1.165, 1.54) is 20.6 Å². The normalized spacial score (nSPS) is 17.7. The van der Waals surface area contributed by atoms with E-state index in [2.05, 4.69) is 32.9 Å². The van der Waals surface area contributed by atoms with Crippen LogP contribution in [0.25, 0.3) is 6.08 Å². The molecule has 0 aliphatic carbocycles. The van der Waals surface area contributed by atoms with Crippen LogP contribution in [-0.2, 0) is 9.53 Å². The van der Waals surface area contributed by atoms with Crippen LogP contribution >= 0.6 is 11.3 Å². The molecule has 1 aromatic rings. The number of cyclic esters (lactones) is 1. The Balaban J connectivity index is 2.31. The summed E-state index contributed by atoms with van der Waals surface area (Å²) in [5, 5.41) is 13.2. The number of carbonyl (C=O) groups is 1. The quantitative estimate of drug-likeness (QED) is 0.482. The SMILES string of the molecule is C[CH2][Ge]([CH2]C)([CH2]C)[c]1ccc(/C=C/C2=C(C#N)C(=O)OC(C)(C)C2)s1. The number of rotatable bonds is 6. The Morgan fingerprint density at radius 3 is 2.44 bits per heavy atom. The number of nitriles is 1. The summed E-state index contributed by atoms with van der Waals surface area (Å²) >= 11 is -0.0243. The molecule has 0 saturated heterocycles. The summed E-state index contributed by atoms with van der Waals surface area (Å²) in [6.45, 7) is 10.8. The summed E-state index contributed by atoms with van der Waals surface area (Å²) in [6.07, 6.45) is 4.54. The maximum atomic E-state index is 12.0. The summed E-state index contributed by atoms with van der Waals surface area (Å²) in [6, 6.07) is 6.48. The molecule has 0 radical (unpaired) electrons. The predicted octanol–water partition coefficient (Wildman–Crippen LogP) is 5.02. The molecular weight excluding hydrogens is 391 g/mol. The van der Waals surface area contributed by atoms with Crippen molar-refractivity contribution < 1.29 is 9.53 Å². The van der Waals surface area contributed by atoms with Crippen LogP contribution in [0, 0.1) is 11.3 Å². The molecule has 1 aromatic heterocycles. The van der Waals surface area contributed by atoms with Crippen molar-refractivity contribution >= 4 is 40.4 Å². The summed E-state index contributed by atoms with van der Waals surface area (Å²) in [5.74, 6) is -0.512. The van der Waals surface area contributed by atoms with Crippen molar-refractivity contribution in [2.45, 2.75) is 62.4 Å². The minimum atomic E-state index is -1.91. The molecule has 1 aliphatic heterocycles. The van der Waals surface area contributed by atoms with E-state index >= 15 is 0 Å². The van der Waals surface area contributed by atoms with Crippen LogP contribution in [0.2, 0.25) is 15.8 Å². The maximum absolute atomic E-state index is 12.0. The monoisotopic (exact) mass is 419 g/mol. The van der Waals surface area contributed by atoms with Gasteiger partial charge in [0.2, 0.25) is 0 Å². The number of hydrogen-bond donors (Lipinski definition) is 0. The van der Waals surface area contributed by atoms with Crippen molar-refractivity contribution in [3.63, 3.8) is 0 Å². The molecule has 0 spiro atoms. The summed E-state index contributed by atoms with van der Waals surface area (Å²) in [5.41, 5.74) is 0.345. The molecule has 2 rings (SSSR count). The van der Waals surface area contributed by atoms with E-state index in [9.17, 15) is 10.1 Å². The molecule has 0 aromatic carbocycles. The van der Waals surface area contributed by atoms with Crippen LogP contribution in [0.15, 0.2) is 29.4 Å². The van der Waals surface area contributed by atoms with E-state index in [0.29, 0.717) is 6.42 Å². The number of allylic oxidation sites excluding steroid dienone is 1. The molecule has 0 amide bonds. The third-order valence-corrected chi connectivity index (χ3v) is 20.1. The van der Waals surface area contributed by atoms with Crippen LogP contribution in [0.1, 0.15) is 45.9 Å². The van der Waals surface area contributed by atoms with Crippen LogP contribution in [0.5, 0.6) is 0 Å². The predicted molar refractivity (Wildman–Crippen MR) is 108 cm³/mol. The number of nitrogens with zero attached hydrogens (tertiary/aromatic N) is 1. The molecule has 0 unspecified atom stereocenters. The topological polar surface area (TPSA) is 50.1 Å². The van der Waals surface area contributed by atoms with Crippen LogP contribution in [-0.4, -0.2) is 24.8 Å². The van der Waals surface area contributed by atoms with E-state index in [-0.39, 0.29) is 5.57 Å². The first-order valence-corrected chi connectivity index (χ1v) is 15.3. The van der Waals surface area contributed by atoms with Crippen LogP contribution in [0.3, 0.4) is 0 Å². The van der Waals surface area contributed by atoms with Crippen molar-refractivity contribution in [1.82, 2.24) is 0 Å². The van der Waals surface area contributed by atoms with Gasteiger partial charge < -0.3 is 0 Å². The van der Waals surface area contributed by atoms with Gasteiger partial charge in [-0.1, -0.05) is 0 Å². The average molecular weight is 418 g/mol. The van der Waals surface area contributed by atoms with Gasteiger partial charge in [0.15, 0.2) is 0 Å². The van der Waals surface area contributed by atoms with Gasteiger partial charge in [0, 0.05) is 0 Å². The van der Waals surface area contributed by atoms with Crippen molar-refractivity contribution in [2.75, 3.05) is 0 Å². The zero-order valence-electron chi connectivity index (χ0n) is 15.8. The Kier molecular flexibility index (Phi) is 6.34. The Hall–Kier alpha value is -1.32. The fourth-order valence-electron chi connectivity index (χ4n) is 3.46. The van der Waals surface area contributed by atoms with E-state index in [0.717, 1.165) is 5.57 Å². The van der Waals surface area contributed by atoms with Gasteiger partial charge in [-0.2, -0.15) is 0 Å². The third-order valence-electron chi connectivity index (χ3n) is 5.25. The fraction of sp³-hybridized carbons (Fsp3) is 0.500. The van der Waals surface area contributed by atoms with Crippen molar-refractivity contribution in [1.29, 1.82) is 5.26 Å². The standard InChI is InChI=1S/C20H27GeNO2S/c1-6-21(7-2,8-3)18-12-11-16(25-18)10-9-15-13-20(4,5)24-19(23)17(15)14-22/h9-12H,6-8,13H2,1-5H3/b10-9+. The molecule has 0 fully saturated rings. The van der Waals surface area contributed by atoms with E-state index in [1.807, 2.05) is 43.4 Å². The van der Waals surface area contributed by atoms with E-state index in [1.54, 1.807) is 3.71 Å². The van der Waals surface area contributed by atoms with Crippen LogP contribution in [0.4, 0.5) is 0 Å². The molecule has 0 atom stereocenters. The molecule has 134 valence electrons. The Bertz CT molecular complexity index is 740. The second-order valence-electron chi connectivity index (χ2n) is 7.21. The van der Waals surface area contributed by atoms with Crippen molar-refractivity contribution in [3.05, 3.63) is 34.2 Å². The molecular formula is C20H27GeNO2S. The molecule has 5 heteroatoms. The molecule has 25 heavy (non-hydrogen) atoms. The second kappa shape index (κ2) is 7.93. The molecule has 2 heterocycles. The van der Waals surface area contributed by atoms with Gasteiger partial charge in [0.05, 0.1) is 0 Å². The second-order valence-corrected chi connectivity index (χ2v) is 20.0. The van der Waals surface area contributed by atoms with Gasteiger partial charge in [0.25, 0.3) is 0 Å². The Labute approximate surface area is 157 Å². The average Bonchev–Trinajstić information content (AvgIpc) is 3.03. The van der Waals surface area contributed by atoms with E-state index < -0.39 is 24.8 Å². The van der Waals surface area contributed by atoms with Gasteiger partial charge >= 0.3 is 158 Å². The Morgan fingerprint density at radius 2 is 1.88 bits per heavy atom. The summed E-state index contributed by atoms with van der Waals surface area (Å²) in [7, 11) is 0. The van der Waals surface area contributed by atoms with Gasteiger partial charge in [-0.25, -0.2) is 0 Å². The number of esters is 1. The molecule has 3 nitrogen and oxygen atoms in total. The molecule has 0 bridgehead atoms. The van der Waals surface area contributed by atoms with E-state index in [4.69, 9.17) is 4.74 Å². The molecule has 0 saturated carbocycles. The number of carbonyl (C=O) groups excluding carboxylic acids is 1. The van der Waals surface area contributed by atoms with Crippen molar-refractivity contribution in [2.24, 2.45) is 0 Å². The number of hydrogen-bond acceptors (Lipinski definition) is 4. The summed E-state index contributed by atoms with van der Waals surface area (Å²) < 4.78 is 6.91. The number of thiophene rings is 1. The Morgan fingerprint density at radius 1 is 1.24 bits per heavy atom. The van der Waals surface area contributed by atoms with Gasteiger partial charge in [-0.15, -0.1) is 0 Å².